The Hall–Kier alpha value is -0.560. The van der Waals surface area contributed by atoms with Gasteiger partial charge < -0.3 is 21.3 Å². The lowest BCUT2D eigenvalue weighted by atomic mass is 9.97. The highest BCUT2D eigenvalue weighted by atomic mass is 16.5. The van der Waals surface area contributed by atoms with Crippen LogP contribution in [0.25, 0.3) is 0 Å². The molecule has 6 nitrogen and oxygen atoms in total. The molecule has 0 spiro atoms. The number of nitrogens with two attached hydrogens (primary N) is 2. The minimum atomic E-state index is -0.940. The van der Waals surface area contributed by atoms with Crippen LogP contribution in [-0.2, 0) is 4.74 Å². The third kappa shape index (κ3) is 1.61. The summed E-state index contributed by atoms with van der Waals surface area (Å²) >= 11 is 0. The molecule has 0 aromatic carbocycles. The van der Waals surface area contributed by atoms with Crippen molar-refractivity contribution in [2.45, 2.75) is 24.3 Å². The quantitative estimate of drug-likeness (QED) is 0.427. The van der Waals surface area contributed by atoms with Gasteiger partial charge in [0.15, 0.2) is 0 Å². The van der Waals surface area contributed by atoms with Crippen molar-refractivity contribution in [2.75, 3.05) is 13.2 Å². The highest BCUT2D eigenvalue weighted by Crippen LogP contribution is 2.16. The Labute approximate surface area is 69.8 Å². The van der Waals surface area contributed by atoms with Crippen molar-refractivity contribution in [3.8, 4) is 0 Å². The van der Waals surface area contributed by atoms with Crippen LogP contribution in [0.4, 0.5) is 0 Å². The van der Waals surface area contributed by atoms with E-state index >= 15 is 0 Å². The molecule has 1 rings (SSSR count). The van der Waals surface area contributed by atoms with Crippen LogP contribution < -0.4 is 11.5 Å². The number of hydrogen-bond donors (Lipinski definition) is 3. The maximum atomic E-state index is 10.3. The molecule has 5 N–H and O–H groups in total. The Balaban J connectivity index is 2.64. The molecule has 6 heteroatoms. The highest BCUT2D eigenvalue weighted by molar-refractivity contribution is 4.93. The van der Waals surface area contributed by atoms with Crippen molar-refractivity contribution in [3.63, 3.8) is 0 Å². The molecule has 1 aliphatic heterocycles. The van der Waals surface area contributed by atoms with Gasteiger partial charge in [0, 0.05) is 6.54 Å². The van der Waals surface area contributed by atoms with Gasteiger partial charge in [-0.05, 0) is 0 Å². The van der Waals surface area contributed by atoms with E-state index in [0.29, 0.717) is 0 Å². The van der Waals surface area contributed by atoms with Crippen molar-refractivity contribution in [1.82, 2.24) is 0 Å². The van der Waals surface area contributed by atoms with E-state index in [1.165, 1.54) is 0 Å². The predicted octanol–water partition coefficient (Wildman–Crippen LogP) is -1.83. The fraction of sp³-hybridized carbons (Fsp3) is 1.00. The van der Waals surface area contributed by atoms with Crippen molar-refractivity contribution < 1.29 is 9.84 Å². The molecule has 1 heterocycles. The second kappa shape index (κ2) is 3.90. The molecule has 0 amide bonds. The van der Waals surface area contributed by atoms with Crippen molar-refractivity contribution in [3.05, 3.63) is 4.91 Å². The summed E-state index contributed by atoms with van der Waals surface area (Å²) in [5.74, 6) is 0. The van der Waals surface area contributed by atoms with Crippen LogP contribution in [0.5, 0.6) is 0 Å². The zero-order valence-corrected chi connectivity index (χ0v) is 6.59. The Bertz CT molecular complexity index is 164. The summed E-state index contributed by atoms with van der Waals surface area (Å²) in [7, 11) is 0. The summed E-state index contributed by atoms with van der Waals surface area (Å²) in [6.07, 6.45) is -1.44. The van der Waals surface area contributed by atoms with Crippen LogP contribution >= 0.6 is 0 Å². The maximum Gasteiger partial charge on any atom is 0.147 e. The fourth-order valence-electron chi connectivity index (χ4n) is 1.24. The zero-order chi connectivity index (χ0) is 9.14. The Morgan fingerprint density at radius 3 is 2.83 bits per heavy atom. The number of hydrogen-bond acceptors (Lipinski definition) is 6. The Morgan fingerprint density at radius 2 is 2.33 bits per heavy atom. The van der Waals surface area contributed by atoms with Gasteiger partial charge >= 0.3 is 0 Å². The first-order valence-corrected chi connectivity index (χ1v) is 3.78. The molecule has 70 valence electrons. The molecule has 0 saturated carbocycles. The van der Waals surface area contributed by atoms with E-state index in [0.717, 1.165) is 0 Å². The Morgan fingerprint density at radius 1 is 1.67 bits per heavy atom. The molecule has 4 atom stereocenters. The summed E-state index contributed by atoms with van der Waals surface area (Å²) in [6.45, 7) is 0.384. The molecule has 0 bridgehead atoms. The lowest BCUT2D eigenvalue weighted by Gasteiger charge is -2.34. The van der Waals surface area contributed by atoms with Gasteiger partial charge in [0.2, 0.25) is 0 Å². The van der Waals surface area contributed by atoms with Crippen LogP contribution in [0.1, 0.15) is 0 Å². The van der Waals surface area contributed by atoms with Crippen molar-refractivity contribution >= 4 is 0 Å². The number of ether oxygens (including phenoxy) is 1. The van der Waals surface area contributed by atoms with Crippen LogP contribution in [0.15, 0.2) is 5.18 Å². The molecule has 0 aliphatic carbocycles. The first kappa shape index (κ1) is 9.53. The fourth-order valence-corrected chi connectivity index (χ4v) is 1.24. The van der Waals surface area contributed by atoms with Gasteiger partial charge in [0.1, 0.15) is 6.04 Å². The molecule has 12 heavy (non-hydrogen) atoms. The van der Waals surface area contributed by atoms with Gasteiger partial charge in [-0.1, -0.05) is 5.18 Å². The average Bonchev–Trinajstić information content (AvgIpc) is 2.09. The smallest absolute Gasteiger partial charge is 0.147 e. The summed E-state index contributed by atoms with van der Waals surface area (Å²) < 4.78 is 5.11. The molecule has 0 aromatic rings. The van der Waals surface area contributed by atoms with Gasteiger partial charge in [-0.2, -0.15) is 4.91 Å². The third-order valence-electron chi connectivity index (χ3n) is 2.03. The van der Waals surface area contributed by atoms with Crippen LogP contribution in [-0.4, -0.2) is 42.5 Å². The van der Waals surface area contributed by atoms with E-state index < -0.39 is 24.3 Å². The molecule has 0 aromatic heterocycles. The minimum absolute atomic E-state index is 0.167. The SMILES string of the molecule is NCC1OCC(N)C(O)[C@@H]1N=O. The topological polar surface area (TPSA) is 111 Å². The van der Waals surface area contributed by atoms with E-state index in [2.05, 4.69) is 5.18 Å². The zero-order valence-electron chi connectivity index (χ0n) is 6.59. The molecule has 1 fully saturated rings. The van der Waals surface area contributed by atoms with Gasteiger partial charge in [-0.15, -0.1) is 0 Å². The number of rotatable bonds is 2. The van der Waals surface area contributed by atoms with Crippen LogP contribution in [0, 0.1) is 4.91 Å². The van der Waals surface area contributed by atoms with Crippen LogP contribution in [0.2, 0.25) is 0 Å². The Kier molecular flexibility index (Phi) is 3.10. The minimum Gasteiger partial charge on any atom is -0.389 e. The molecule has 1 saturated heterocycles. The van der Waals surface area contributed by atoms with Crippen LogP contribution in [0.3, 0.4) is 0 Å². The first-order valence-electron chi connectivity index (χ1n) is 3.78. The van der Waals surface area contributed by atoms with Gasteiger partial charge in [0.25, 0.3) is 0 Å². The predicted molar refractivity (Wildman–Crippen MR) is 42.4 cm³/mol. The normalized spacial score (nSPS) is 42.6. The molecular weight excluding hydrogens is 162 g/mol. The average molecular weight is 175 g/mol. The maximum absolute atomic E-state index is 10.3. The van der Waals surface area contributed by atoms with E-state index in [1.54, 1.807) is 0 Å². The number of aliphatic hydroxyl groups excluding tert-OH is 1. The largest absolute Gasteiger partial charge is 0.389 e. The number of nitrogens with zero attached hydrogens (tertiary/aromatic N) is 1. The summed E-state index contributed by atoms with van der Waals surface area (Å²) in [6, 6.07) is -1.38. The second-order valence-electron chi connectivity index (χ2n) is 2.86. The number of aliphatic hydroxyl groups is 1. The van der Waals surface area contributed by atoms with E-state index in [4.69, 9.17) is 16.2 Å². The van der Waals surface area contributed by atoms with E-state index in [-0.39, 0.29) is 13.2 Å². The summed E-state index contributed by atoms with van der Waals surface area (Å²) in [5, 5.41) is 12.1. The van der Waals surface area contributed by atoms with Crippen molar-refractivity contribution in [2.24, 2.45) is 16.6 Å². The molecule has 3 unspecified atom stereocenters. The second-order valence-corrected chi connectivity index (χ2v) is 2.86. The highest BCUT2D eigenvalue weighted by Gasteiger charge is 2.38. The third-order valence-corrected chi connectivity index (χ3v) is 2.03. The van der Waals surface area contributed by atoms with E-state index in [1.807, 2.05) is 0 Å². The standard InChI is InChI=1S/C6H13N3O3/c7-1-4-5(9-11)6(10)3(8)2-12-4/h3-6,10H,1-2,7-8H2/t3?,4?,5-,6?/m1/s1. The molecule has 1 aliphatic rings. The van der Waals surface area contributed by atoms with Crippen molar-refractivity contribution in [1.29, 1.82) is 0 Å². The lowest BCUT2D eigenvalue weighted by Crippen LogP contribution is -2.57. The van der Waals surface area contributed by atoms with Gasteiger partial charge in [0.05, 0.1) is 24.9 Å². The summed E-state index contributed by atoms with van der Waals surface area (Å²) in [5.41, 5.74) is 10.7. The first-order chi connectivity index (χ1) is 5.70. The molecule has 0 radical (unpaired) electrons. The van der Waals surface area contributed by atoms with Gasteiger partial charge in [-0.3, -0.25) is 0 Å². The molecular formula is C6H13N3O3. The van der Waals surface area contributed by atoms with Gasteiger partial charge in [-0.25, -0.2) is 0 Å². The lowest BCUT2D eigenvalue weighted by molar-refractivity contribution is -0.0676. The number of nitroso groups, excluding NO2 is 1. The van der Waals surface area contributed by atoms with E-state index in [9.17, 15) is 10.0 Å². The summed E-state index contributed by atoms with van der Waals surface area (Å²) in [4.78, 5) is 10.3. The monoisotopic (exact) mass is 175 g/mol.